The van der Waals surface area contributed by atoms with E-state index in [1.54, 1.807) is 4.68 Å². The number of aliphatic carboxylic acids is 1. The summed E-state index contributed by atoms with van der Waals surface area (Å²) in [6, 6.07) is 7.86. The maximum atomic E-state index is 10.5. The van der Waals surface area contributed by atoms with Crippen molar-refractivity contribution in [3.63, 3.8) is 0 Å². The van der Waals surface area contributed by atoms with Gasteiger partial charge in [0, 0.05) is 13.0 Å². The number of carboxylic acid groups (broad SMARTS) is 1. The number of carboxylic acids is 1. The summed E-state index contributed by atoms with van der Waals surface area (Å²) in [5.74, 6) is 0.536. The highest BCUT2D eigenvalue weighted by Gasteiger charge is 2.08. The minimum Gasteiger partial charge on any atom is -0.486 e. The maximum Gasteiger partial charge on any atom is 0.303 e. The monoisotopic (exact) mass is 290 g/mol. The van der Waals surface area contributed by atoms with Crippen molar-refractivity contribution in [3.8, 4) is 5.75 Å². The zero-order valence-electron chi connectivity index (χ0n) is 11.9. The molecule has 0 saturated heterocycles. The Kier molecular flexibility index (Phi) is 5.25. The Balaban J connectivity index is 1.91. The number of nitrogens with zero attached hydrogens (tertiary/aromatic N) is 4. The normalized spacial score (nSPS) is 10.5. The van der Waals surface area contributed by atoms with Gasteiger partial charge >= 0.3 is 5.97 Å². The van der Waals surface area contributed by atoms with E-state index in [1.165, 1.54) is 5.56 Å². The lowest BCUT2D eigenvalue weighted by atomic mass is 10.2. The highest BCUT2D eigenvalue weighted by atomic mass is 16.5. The number of rotatable bonds is 8. The molecule has 21 heavy (non-hydrogen) atoms. The third kappa shape index (κ3) is 4.55. The van der Waals surface area contributed by atoms with Crippen LogP contribution in [0, 0.1) is 0 Å². The van der Waals surface area contributed by atoms with Crippen molar-refractivity contribution in [3.05, 3.63) is 35.7 Å². The SMILES string of the molecule is CCc1cccc(OCc2nnnn2CCCC(=O)O)c1. The first kappa shape index (κ1) is 15.0. The molecule has 0 amide bonds. The lowest BCUT2D eigenvalue weighted by molar-refractivity contribution is -0.137. The fraction of sp³-hybridized carbons (Fsp3) is 0.429. The van der Waals surface area contributed by atoms with Crippen molar-refractivity contribution in [2.45, 2.75) is 39.3 Å². The first-order valence-electron chi connectivity index (χ1n) is 6.87. The number of tetrazole rings is 1. The summed E-state index contributed by atoms with van der Waals surface area (Å²) in [6.07, 6.45) is 1.53. The molecule has 7 nitrogen and oxygen atoms in total. The molecule has 1 N–H and O–H groups in total. The van der Waals surface area contributed by atoms with Gasteiger partial charge in [0.2, 0.25) is 0 Å². The van der Waals surface area contributed by atoms with Gasteiger partial charge in [-0.15, -0.1) is 5.10 Å². The Morgan fingerprint density at radius 1 is 1.43 bits per heavy atom. The maximum absolute atomic E-state index is 10.5. The quantitative estimate of drug-likeness (QED) is 0.795. The summed E-state index contributed by atoms with van der Waals surface area (Å²) in [5, 5.41) is 20.0. The molecule has 0 aliphatic rings. The molecule has 2 aromatic rings. The Labute approximate surface area is 122 Å². The zero-order valence-corrected chi connectivity index (χ0v) is 11.9. The van der Waals surface area contributed by atoms with Crippen LogP contribution in [0.3, 0.4) is 0 Å². The van der Waals surface area contributed by atoms with Gasteiger partial charge in [0.05, 0.1) is 0 Å². The van der Waals surface area contributed by atoms with Crippen LogP contribution in [0.5, 0.6) is 5.75 Å². The average Bonchev–Trinajstić information content (AvgIpc) is 2.92. The van der Waals surface area contributed by atoms with Gasteiger partial charge in [-0.05, 0) is 41.0 Å². The van der Waals surface area contributed by atoms with Crippen LogP contribution in [0.15, 0.2) is 24.3 Å². The summed E-state index contributed by atoms with van der Waals surface area (Å²) in [6.45, 7) is 2.81. The van der Waals surface area contributed by atoms with Crippen molar-refractivity contribution in [2.24, 2.45) is 0 Å². The molecule has 1 heterocycles. The van der Waals surface area contributed by atoms with Crippen molar-refractivity contribution in [1.82, 2.24) is 20.2 Å². The highest BCUT2D eigenvalue weighted by Crippen LogP contribution is 2.15. The van der Waals surface area contributed by atoms with Gasteiger partial charge in [-0.1, -0.05) is 19.1 Å². The predicted octanol–water partition coefficient (Wildman–Crippen LogP) is 1.68. The number of hydrogen-bond acceptors (Lipinski definition) is 5. The van der Waals surface area contributed by atoms with Gasteiger partial charge in [0.25, 0.3) is 0 Å². The van der Waals surface area contributed by atoms with E-state index in [9.17, 15) is 4.79 Å². The average molecular weight is 290 g/mol. The largest absolute Gasteiger partial charge is 0.486 e. The summed E-state index contributed by atoms with van der Waals surface area (Å²) in [7, 11) is 0. The van der Waals surface area contributed by atoms with Gasteiger partial charge in [-0.25, -0.2) is 4.68 Å². The second-order valence-electron chi connectivity index (χ2n) is 4.61. The predicted molar refractivity (Wildman–Crippen MR) is 74.8 cm³/mol. The third-order valence-corrected chi connectivity index (χ3v) is 3.04. The van der Waals surface area contributed by atoms with E-state index >= 15 is 0 Å². The molecular formula is C14H18N4O3. The second kappa shape index (κ2) is 7.37. The Morgan fingerprint density at radius 2 is 2.29 bits per heavy atom. The first-order chi connectivity index (χ1) is 10.2. The number of aryl methyl sites for hydroxylation is 2. The van der Waals surface area contributed by atoms with Crippen LogP contribution in [0.4, 0.5) is 0 Å². The molecule has 0 spiro atoms. The fourth-order valence-corrected chi connectivity index (χ4v) is 1.88. The molecular weight excluding hydrogens is 272 g/mol. The minimum atomic E-state index is -0.822. The standard InChI is InChI=1S/C14H18N4O3/c1-2-11-5-3-6-12(9-11)21-10-13-15-16-17-18(13)8-4-7-14(19)20/h3,5-6,9H,2,4,7-8,10H2,1H3,(H,19,20). The van der Waals surface area contributed by atoms with E-state index in [-0.39, 0.29) is 13.0 Å². The van der Waals surface area contributed by atoms with Gasteiger partial charge in [-0.3, -0.25) is 4.79 Å². The molecule has 112 valence electrons. The van der Waals surface area contributed by atoms with Gasteiger partial charge in [-0.2, -0.15) is 0 Å². The van der Waals surface area contributed by atoms with Crippen LogP contribution in [0.2, 0.25) is 0 Å². The van der Waals surface area contributed by atoms with Gasteiger partial charge < -0.3 is 9.84 Å². The fourth-order valence-electron chi connectivity index (χ4n) is 1.88. The van der Waals surface area contributed by atoms with Crippen LogP contribution in [0.25, 0.3) is 0 Å². The molecule has 0 atom stereocenters. The third-order valence-electron chi connectivity index (χ3n) is 3.04. The first-order valence-corrected chi connectivity index (χ1v) is 6.87. The smallest absolute Gasteiger partial charge is 0.303 e. The van der Waals surface area contributed by atoms with E-state index in [4.69, 9.17) is 9.84 Å². The minimum absolute atomic E-state index is 0.0959. The zero-order chi connectivity index (χ0) is 15.1. The molecule has 0 radical (unpaired) electrons. The number of aromatic nitrogens is 4. The summed E-state index contributed by atoms with van der Waals surface area (Å²) in [4.78, 5) is 10.5. The van der Waals surface area contributed by atoms with Crippen LogP contribution in [0.1, 0.15) is 31.2 Å². The van der Waals surface area contributed by atoms with Crippen LogP contribution < -0.4 is 4.74 Å². The second-order valence-corrected chi connectivity index (χ2v) is 4.61. The lowest BCUT2D eigenvalue weighted by Crippen LogP contribution is -2.10. The Hall–Kier alpha value is -2.44. The molecule has 0 unspecified atom stereocenters. The molecule has 0 aliphatic carbocycles. The molecule has 0 aliphatic heterocycles. The Morgan fingerprint density at radius 3 is 3.05 bits per heavy atom. The van der Waals surface area contributed by atoms with Crippen molar-refractivity contribution < 1.29 is 14.6 Å². The van der Waals surface area contributed by atoms with E-state index < -0.39 is 5.97 Å². The molecule has 0 bridgehead atoms. The molecule has 7 heteroatoms. The van der Waals surface area contributed by atoms with E-state index in [0.29, 0.717) is 18.8 Å². The number of hydrogen-bond donors (Lipinski definition) is 1. The van der Waals surface area contributed by atoms with Crippen LogP contribution >= 0.6 is 0 Å². The molecule has 0 fully saturated rings. The lowest BCUT2D eigenvalue weighted by Gasteiger charge is -2.07. The van der Waals surface area contributed by atoms with E-state index in [2.05, 4.69) is 22.4 Å². The van der Waals surface area contributed by atoms with Gasteiger partial charge in [0.1, 0.15) is 12.4 Å². The number of benzene rings is 1. The van der Waals surface area contributed by atoms with Crippen LogP contribution in [-0.4, -0.2) is 31.3 Å². The topological polar surface area (TPSA) is 90.1 Å². The van der Waals surface area contributed by atoms with Crippen molar-refractivity contribution >= 4 is 5.97 Å². The molecule has 1 aromatic carbocycles. The summed E-state index contributed by atoms with van der Waals surface area (Å²) < 4.78 is 7.26. The van der Waals surface area contributed by atoms with E-state index in [1.807, 2.05) is 24.3 Å². The van der Waals surface area contributed by atoms with Crippen molar-refractivity contribution in [2.75, 3.05) is 0 Å². The van der Waals surface area contributed by atoms with E-state index in [0.717, 1.165) is 12.2 Å². The molecule has 2 rings (SSSR count). The van der Waals surface area contributed by atoms with Crippen molar-refractivity contribution in [1.29, 1.82) is 0 Å². The highest BCUT2D eigenvalue weighted by molar-refractivity contribution is 5.66. The Bertz CT molecular complexity index is 597. The van der Waals surface area contributed by atoms with Gasteiger partial charge in [0.15, 0.2) is 5.82 Å². The summed E-state index contributed by atoms with van der Waals surface area (Å²) in [5.41, 5.74) is 1.20. The van der Waals surface area contributed by atoms with Crippen LogP contribution in [-0.2, 0) is 24.4 Å². The number of ether oxygens (including phenoxy) is 1. The molecule has 0 saturated carbocycles. The molecule has 1 aromatic heterocycles. The summed E-state index contributed by atoms with van der Waals surface area (Å²) >= 11 is 0. The number of carbonyl (C=O) groups is 1.